The molecular weight excluding hydrogens is 246 g/mol. The van der Waals surface area contributed by atoms with Crippen molar-refractivity contribution in [2.24, 2.45) is 5.41 Å². The van der Waals surface area contributed by atoms with Gasteiger partial charge in [-0.2, -0.15) is 0 Å². The van der Waals surface area contributed by atoms with Crippen LogP contribution in [-0.4, -0.2) is 31.1 Å². The van der Waals surface area contributed by atoms with Crippen LogP contribution < -0.4 is 5.32 Å². The second-order valence-electron chi connectivity index (χ2n) is 6.26. The normalized spacial score (nSPS) is 19.4. The van der Waals surface area contributed by atoms with Crippen molar-refractivity contribution >= 4 is 0 Å². The van der Waals surface area contributed by atoms with Gasteiger partial charge in [0, 0.05) is 38.3 Å². The fraction of sp³-hybridized carbons (Fsp3) is 0.600. The van der Waals surface area contributed by atoms with Crippen molar-refractivity contribution in [3.63, 3.8) is 0 Å². The SMILES string of the molecule is CC(C)(C)[C@H](c1cc(F)cc(F)c1)N1CCNCC1. The zero-order valence-corrected chi connectivity index (χ0v) is 11.8. The highest BCUT2D eigenvalue weighted by Crippen LogP contribution is 2.38. The fourth-order valence-electron chi connectivity index (χ4n) is 2.93. The zero-order chi connectivity index (χ0) is 14.0. The van der Waals surface area contributed by atoms with Gasteiger partial charge in [0.15, 0.2) is 0 Å². The van der Waals surface area contributed by atoms with Gasteiger partial charge in [-0.15, -0.1) is 0 Å². The van der Waals surface area contributed by atoms with Gasteiger partial charge < -0.3 is 5.32 Å². The lowest BCUT2D eigenvalue weighted by atomic mass is 9.81. The Morgan fingerprint density at radius 3 is 2.05 bits per heavy atom. The van der Waals surface area contributed by atoms with Crippen LogP contribution >= 0.6 is 0 Å². The van der Waals surface area contributed by atoms with Gasteiger partial charge in [0.1, 0.15) is 11.6 Å². The summed E-state index contributed by atoms with van der Waals surface area (Å²) in [5, 5.41) is 3.31. The number of nitrogens with one attached hydrogen (secondary N) is 1. The molecule has 0 aliphatic carbocycles. The molecule has 106 valence electrons. The summed E-state index contributed by atoms with van der Waals surface area (Å²) in [5.41, 5.74) is 0.657. The minimum Gasteiger partial charge on any atom is -0.314 e. The van der Waals surface area contributed by atoms with Crippen molar-refractivity contribution in [3.8, 4) is 0 Å². The maximum Gasteiger partial charge on any atom is 0.126 e. The summed E-state index contributed by atoms with van der Waals surface area (Å²) in [6.07, 6.45) is 0. The van der Waals surface area contributed by atoms with Crippen LogP contribution in [0, 0.1) is 17.0 Å². The van der Waals surface area contributed by atoms with Gasteiger partial charge in [-0.05, 0) is 23.1 Å². The van der Waals surface area contributed by atoms with Crippen LogP contribution in [0.25, 0.3) is 0 Å². The van der Waals surface area contributed by atoms with E-state index in [4.69, 9.17) is 0 Å². The molecule has 0 amide bonds. The molecule has 0 spiro atoms. The molecule has 0 radical (unpaired) electrons. The molecule has 1 atom stereocenters. The molecule has 1 N–H and O–H groups in total. The van der Waals surface area contributed by atoms with E-state index in [9.17, 15) is 8.78 Å². The summed E-state index contributed by atoms with van der Waals surface area (Å²) in [5.74, 6) is -1.00. The van der Waals surface area contributed by atoms with Crippen molar-refractivity contribution < 1.29 is 8.78 Å². The first-order chi connectivity index (χ1) is 8.88. The highest BCUT2D eigenvalue weighted by atomic mass is 19.1. The molecule has 0 saturated carbocycles. The third kappa shape index (κ3) is 3.51. The van der Waals surface area contributed by atoms with Gasteiger partial charge in [-0.3, -0.25) is 4.90 Å². The molecule has 0 aromatic heterocycles. The van der Waals surface area contributed by atoms with Crippen LogP contribution in [0.5, 0.6) is 0 Å². The summed E-state index contributed by atoms with van der Waals surface area (Å²) in [4.78, 5) is 2.31. The van der Waals surface area contributed by atoms with Crippen molar-refractivity contribution in [2.45, 2.75) is 26.8 Å². The van der Waals surface area contributed by atoms with Crippen LogP contribution in [0.1, 0.15) is 32.4 Å². The number of halogens is 2. The largest absolute Gasteiger partial charge is 0.314 e. The molecule has 1 aliphatic rings. The van der Waals surface area contributed by atoms with E-state index < -0.39 is 11.6 Å². The molecule has 2 rings (SSSR count). The average Bonchev–Trinajstić information content (AvgIpc) is 2.27. The summed E-state index contributed by atoms with van der Waals surface area (Å²) in [6.45, 7) is 9.99. The minimum atomic E-state index is -0.501. The molecule has 1 aromatic rings. The summed E-state index contributed by atoms with van der Waals surface area (Å²) in [6, 6.07) is 3.88. The van der Waals surface area contributed by atoms with Gasteiger partial charge in [-0.25, -0.2) is 8.78 Å². The molecule has 0 bridgehead atoms. The molecule has 1 heterocycles. The van der Waals surface area contributed by atoms with Gasteiger partial charge in [-0.1, -0.05) is 20.8 Å². The van der Waals surface area contributed by atoms with Crippen molar-refractivity contribution in [3.05, 3.63) is 35.4 Å². The second kappa shape index (κ2) is 5.55. The zero-order valence-electron chi connectivity index (χ0n) is 11.8. The smallest absolute Gasteiger partial charge is 0.126 e. The van der Waals surface area contributed by atoms with Crippen LogP contribution in [0.2, 0.25) is 0 Å². The maximum absolute atomic E-state index is 13.5. The van der Waals surface area contributed by atoms with Crippen molar-refractivity contribution in [1.29, 1.82) is 0 Å². The van der Waals surface area contributed by atoms with E-state index in [1.54, 1.807) is 0 Å². The Hall–Kier alpha value is -1.00. The van der Waals surface area contributed by atoms with Crippen molar-refractivity contribution in [2.75, 3.05) is 26.2 Å². The molecule has 2 nitrogen and oxygen atoms in total. The quantitative estimate of drug-likeness (QED) is 0.887. The molecule has 4 heteroatoms. The highest BCUT2D eigenvalue weighted by molar-refractivity contribution is 5.23. The van der Waals surface area contributed by atoms with Crippen LogP contribution in [0.4, 0.5) is 8.78 Å². The third-order valence-corrected chi connectivity index (χ3v) is 3.54. The van der Waals surface area contributed by atoms with E-state index >= 15 is 0 Å². The Morgan fingerprint density at radius 2 is 1.58 bits per heavy atom. The number of rotatable bonds is 2. The number of hydrogen-bond donors (Lipinski definition) is 1. The topological polar surface area (TPSA) is 15.3 Å². The first-order valence-electron chi connectivity index (χ1n) is 6.79. The first kappa shape index (κ1) is 14.4. The van der Waals surface area contributed by atoms with E-state index in [1.807, 2.05) is 0 Å². The molecular formula is C15H22F2N2. The van der Waals surface area contributed by atoms with E-state index in [-0.39, 0.29) is 11.5 Å². The van der Waals surface area contributed by atoms with Crippen LogP contribution in [0.15, 0.2) is 18.2 Å². The number of benzene rings is 1. The number of piperazine rings is 1. The summed E-state index contributed by atoms with van der Waals surface area (Å²) < 4.78 is 26.9. The van der Waals surface area contributed by atoms with E-state index in [0.717, 1.165) is 37.8 Å². The summed E-state index contributed by atoms with van der Waals surface area (Å²) in [7, 11) is 0. The predicted molar refractivity (Wildman–Crippen MR) is 73.0 cm³/mol. The van der Waals surface area contributed by atoms with E-state index in [1.165, 1.54) is 12.1 Å². The highest BCUT2D eigenvalue weighted by Gasteiger charge is 2.33. The lowest BCUT2D eigenvalue weighted by molar-refractivity contribution is 0.0858. The Labute approximate surface area is 113 Å². The Balaban J connectivity index is 2.36. The monoisotopic (exact) mass is 268 g/mol. The molecule has 19 heavy (non-hydrogen) atoms. The second-order valence-corrected chi connectivity index (χ2v) is 6.26. The molecule has 0 unspecified atom stereocenters. The minimum absolute atomic E-state index is 0.0276. The number of nitrogens with zero attached hydrogens (tertiary/aromatic N) is 1. The first-order valence-corrected chi connectivity index (χ1v) is 6.79. The van der Waals surface area contributed by atoms with Crippen LogP contribution in [0.3, 0.4) is 0 Å². The fourth-order valence-corrected chi connectivity index (χ4v) is 2.93. The maximum atomic E-state index is 13.5. The lowest BCUT2D eigenvalue weighted by Crippen LogP contribution is -2.48. The van der Waals surface area contributed by atoms with Crippen molar-refractivity contribution in [1.82, 2.24) is 10.2 Å². The van der Waals surface area contributed by atoms with E-state index in [2.05, 4.69) is 31.0 Å². The van der Waals surface area contributed by atoms with Gasteiger partial charge >= 0.3 is 0 Å². The lowest BCUT2D eigenvalue weighted by Gasteiger charge is -2.42. The van der Waals surface area contributed by atoms with Gasteiger partial charge in [0.2, 0.25) is 0 Å². The third-order valence-electron chi connectivity index (χ3n) is 3.54. The summed E-state index contributed by atoms with van der Waals surface area (Å²) >= 11 is 0. The van der Waals surface area contributed by atoms with Crippen LogP contribution in [-0.2, 0) is 0 Å². The van der Waals surface area contributed by atoms with Gasteiger partial charge in [0.25, 0.3) is 0 Å². The Bertz CT molecular complexity index is 414. The van der Waals surface area contributed by atoms with Gasteiger partial charge in [0.05, 0.1) is 0 Å². The molecule has 1 aliphatic heterocycles. The molecule has 1 aromatic carbocycles. The standard InChI is InChI=1S/C15H22F2N2/c1-15(2,3)14(19-6-4-18-5-7-19)11-8-12(16)10-13(17)9-11/h8-10,14,18H,4-7H2,1-3H3/t14-/m0/s1. The predicted octanol–water partition coefficient (Wildman–Crippen LogP) is 2.96. The number of hydrogen-bond acceptors (Lipinski definition) is 2. The Kier molecular flexibility index (Phi) is 4.21. The molecule has 1 saturated heterocycles. The molecule has 1 fully saturated rings. The average molecular weight is 268 g/mol. The van der Waals surface area contributed by atoms with E-state index in [0.29, 0.717) is 0 Å². The Morgan fingerprint density at radius 1 is 1.05 bits per heavy atom.